The minimum atomic E-state index is -0.485. The predicted molar refractivity (Wildman–Crippen MR) is 50.9 cm³/mol. The average molecular weight is 208 g/mol. The van der Waals surface area contributed by atoms with Crippen LogP contribution in [0.5, 0.6) is 5.75 Å². The third kappa shape index (κ3) is 1.37. The number of methoxy groups -OCH3 is 1. The van der Waals surface area contributed by atoms with Crippen molar-refractivity contribution in [3.8, 4) is 5.75 Å². The molecule has 2 rings (SSSR count). The van der Waals surface area contributed by atoms with Gasteiger partial charge in [0.15, 0.2) is 5.75 Å². The van der Waals surface area contributed by atoms with Crippen LogP contribution >= 0.6 is 0 Å². The molecular formula is C8H8N4O3. The van der Waals surface area contributed by atoms with Gasteiger partial charge in [-0.15, -0.1) is 10.2 Å². The van der Waals surface area contributed by atoms with Gasteiger partial charge >= 0.3 is 0 Å². The van der Waals surface area contributed by atoms with Gasteiger partial charge in [0.1, 0.15) is 5.82 Å². The van der Waals surface area contributed by atoms with E-state index in [1.807, 2.05) is 0 Å². The van der Waals surface area contributed by atoms with Crippen LogP contribution in [0.1, 0.15) is 5.82 Å². The summed E-state index contributed by atoms with van der Waals surface area (Å²) in [6, 6.07) is 1.32. The van der Waals surface area contributed by atoms with E-state index in [1.54, 1.807) is 6.92 Å². The molecule has 0 amide bonds. The third-order valence-electron chi connectivity index (χ3n) is 2.06. The molecule has 0 spiro atoms. The van der Waals surface area contributed by atoms with Gasteiger partial charge in [-0.1, -0.05) is 0 Å². The SMILES string of the molecule is COc1cc([N+](=O)[O-])cn2c(C)nnc12. The number of pyridine rings is 1. The van der Waals surface area contributed by atoms with E-state index in [0.29, 0.717) is 17.2 Å². The zero-order valence-corrected chi connectivity index (χ0v) is 8.17. The van der Waals surface area contributed by atoms with Crippen molar-refractivity contribution in [2.45, 2.75) is 6.92 Å². The highest BCUT2D eigenvalue weighted by molar-refractivity contribution is 5.57. The van der Waals surface area contributed by atoms with E-state index in [-0.39, 0.29) is 5.69 Å². The van der Waals surface area contributed by atoms with E-state index in [1.165, 1.54) is 23.8 Å². The van der Waals surface area contributed by atoms with Gasteiger partial charge in [-0.05, 0) is 6.92 Å². The fraction of sp³-hybridized carbons (Fsp3) is 0.250. The minimum absolute atomic E-state index is 0.0535. The molecule has 0 saturated heterocycles. The lowest BCUT2D eigenvalue weighted by molar-refractivity contribution is -0.385. The molecular weight excluding hydrogens is 200 g/mol. The molecule has 2 heterocycles. The number of rotatable bonds is 2. The third-order valence-corrected chi connectivity index (χ3v) is 2.06. The van der Waals surface area contributed by atoms with Crippen molar-refractivity contribution < 1.29 is 9.66 Å². The molecule has 0 atom stereocenters. The largest absolute Gasteiger partial charge is 0.493 e. The van der Waals surface area contributed by atoms with Crippen molar-refractivity contribution in [2.75, 3.05) is 7.11 Å². The Morgan fingerprint density at radius 2 is 2.27 bits per heavy atom. The quantitative estimate of drug-likeness (QED) is 0.542. The molecule has 0 fully saturated rings. The molecule has 78 valence electrons. The fourth-order valence-corrected chi connectivity index (χ4v) is 1.31. The number of fused-ring (bicyclic) bond motifs is 1. The summed E-state index contributed by atoms with van der Waals surface area (Å²) in [6.45, 7) is 1.71. The first-order valence-electron chi connectivity index (χ1n) is 4.17. The number of aryl methyl sites for hydroxylation is 1. The van der Waals surface area contributed by atoms with Crippen molar-refractivity contribution in [3.05, 3.63) is 28.2 Å². The summed E-state index contributed by atoms with van der Waals surface area (Å²) < 4.78 is 6.53. The van der Waals surface area contributed by atoms with Crippen molar-refractivity contribution in [1.82, 2.24) is 14.6 Å². The molecule has 7 nitrogen and oxygen atoms in total. The number of hydrogen-bond acceptors (Lipinski definition) is 5. The molecule has 0 saturated carbocycles. The second-order valence-corrected chi connectivity index (χ2v) is 2.96. The summed E-state index contributed by atoms with van der Waals surface area (Å²) in [5.74, 6) is 0.914. The van der Waals surface area contributed by atoms with E-state index in [4.69, 9.17) is 4.74 Å². The second-order valence-electron chi connectivity index (χ2n) is 2.96. The normalized spacial score (nSPS) is 10.5. The van der Waals surface area contributed by atoms with Crippen molar-refractivity contribution >= 4 is 11.3 Å². The van der Waals surface area contributed by atoms with E-state index >= 15 is 0 Å². The van der Waals surface area contributed by atoms with Gasteiger partial charge in [0.25, 0.3) is 5.69 Å². The molecule has 15 heavy (non-hydrogen) atoms. The Morgan fingerprint density at radius 3 is 2.87 bits per heavy atom. The Bertz CT molecular complexity index is 534. The molecule has 2 aromatic heterocycles. The van der Waals surface area contributed by atoms with E-state index in [9.17, 15) is 10.1 Å². The molecule has 0 N–H and O–H groups in total. The molecule has 0 radical (unpaired) electrons. The van der Waals surface area contributed by atoms with Gasteiger partial charge < -0.3 is 4.74 Å². The van der Waals surface area contributed by atoms with E-state index in [0.717, 1.165) is 0 Å². The highest BCUT2D eigenvalue weighted by atomic mass is 16.6. The summed E-state index contributed by atoms with van der Waals surface area (Å²) in [6.07, 6.45) is 1.37. The Labute approximate surface area is 84.5 Å². The zero-order chi connectivity index (χ0) is 11.0. The second kappa shape index (κ2) is 3.19. The Balaban J connectivity index is 2.79. The van der Waals surface area contributed by atoms with Crippen molar-refractivity contribution in [3.63, 3.8) is 0 Å². The van der Waals surface area contributed by atoms with Gasteiger partial charge in [0.2, 0.25) is 5.65 Å². The average Bonchev–Trinajstić information content (AvgIpc) is 2.59. The number of ether oxygens (including phenoxy) is 1. The standard InChI is InChI=1S/C8H8N4O3/c1-5-9-10-8-7(15-2)3-6(12(13)14)4-11(5)8/h3-4H,1-2H3. The van der Waals surface area contributed by atoms with Crippen molar-refractivity contribution in [1.29, 1.82) is 0 Å². The van der Waals surface area contributed by atoms with Crippen LogP contribution in [-0.4, -0.2) is 26.6 Å². The minimum Gasteiger partial charge on any atom is -0.493 e. The van der Waals surface area contributed by atoms with Crippen LogP contribution in [0.25, 0.3) is 5.65 Å². The first-order valence-corrected chi connectivity index (χ1v) is 4.17. The van der Waals surface area contributed by atoms with Gasteiger partial charge in [-0.2, -0.15) is 0 Å². The molecule has 0 unspecified atom stereocenters. The van der Waals surface area contributed by atoms with E-state index in [2.05, 4.69) is 10.2 Å². The maximum Gasteiger partial charge on any atom is 0.289 e. The van der Waals surface area contributed by atoms with Crippen LogP contribution in [0.15, 0.2) is 12.3 Å². The lowest BCUT2D eigenvalue weighted by atomic mass is 10.4. The smallest absolute Gasteiger partial charge is 0.289 e. The molecule has 0 aliphatic carbocycles. The summed E-state index contributed by atoms with van der Waals surface area (Å²) in [5.41, 5.74) is 0.419. The highest BCUT2D eigenvalue weighted by Crippen LogP contribution is 2.24. The number of hydrogen-bond donors (Lipinski definition) is 0. The molecule has 0 bridgehead atoms. The first-order chi connectivity index (χ1) is 7.13. The fourth-order valence-electron chi connectivity index (χ4n) is 1.31. The summed E-state index contributed by atoms with van der Waals surface area (Å²) in [5, 5.41) is 18.3. The molecule has 0 aliphatic rings. The Hall–Kier alpha value is -2.18. The van der Waals surface area contributed by atoms with Crippen LogP contribution < -0.4 is 4.74 Å². The first kappa shape index (κ1) is 9.38. The van der Waals surface area contributed by atoms with Crippen LogP contribution in [0.3, 0.4) is 0 Å². The predicted octanol–water partition coefficient (Wildman–Crippen LogP) is 0.955. The summed E-state index contributed by atoms with van der Waals surface area (Å²) >= 11 is 0. The molecule has 7 heteroatoms. The lowest BCUT2D eigenvalue weighted by Crippen LogP contribution is -1.96. The van der Waals surface area contributed by atoms with E-state index < -0.39 is 4.92 Å². The zero-order valence-electron chi connectivity index (χ0n) is 8.17. The lowest BCUT2D eigenvalue weighted by Gasteiger charge is -2.01. The maximum absolute atomic E-state index is 10.6. The Kier molecular flexibility index (Phi) is 2.00. The Morgan fingerprint density at radius 1 is 1.53 bits per heavy atom. The molecule has 2 aromatic rings. The monoisotopic (exact) mass is 208 g/mol. The van der Waals surface area contributed by atoms with Gasteiger partial charge in [0, 0.05) is 0 Å². The highest BCUT2D eigenvalue weighted by Gasteiger charge is 2.15. The maximum atomic E-state index is 10.6. The van der Waals surface area contributed by atoms with Gasteiger partial charge in [-0.3, -0.25) is 14.5 Å². The van der Waals surface area contributed by atoms with Crippen LogP contribution in [-0.2, 0) is 0 Å². The topological polar surface area (TPSA) is 82.6 Å². The van der Waals surface area contributed by atoms with Crippen LogP contribution in [0.2, 0.25) is 0 Å². The van der Waals surface area contributed by atoms with Gasteiger partial charge in [-0.25, -0.2) is 0 Å². The summed E-state index contributed by atoms with van der Waals surface area (Å²) in [4.78, 5) is 10.2. The summed E-state index contributed by atoms with van der Waals surface area (Å²) in [7, 11) is 1.43. The van der Waals surface area contributed by atoms with Crippen molar-refractivity contribution in [2.24, 2.45) is 0 Å². The number of nitro groups is 1. The van der Waals surface area contributed by atoms with Crippen LogP contribution in [0.4, 0.5) is 5.69 Å². The number of aromatic nitrogens is 3. The molecule has 0 aliphatic heterocycles. The van der Waals surface area contributed by atoms with Gasteiger partial charge in [0.05, 0.1) is 24.3 Å². The number of nitrogens with zero attached hydrogens (tertiary/aromatic N) is 4. The molecule has 0 aromatic carbocycles. The van der Waals surface area contributed by atoms with Crippen LogP contribution in [0, 0.1) is 17.0 Å².